The first-order chi connectivity index (χ1) is 12.0. The van der Waals surface area contributed by atoms with Gasteiger partial charge in [-0.3, -0.25) is 0 Å². The minimum absolute atomic E-state index is 0.0278. The van der Waals surface area contributed by atoms with Gasteiger partial charge >= 0.3 is 5.97 Å². The Morgan fingerprint density at radius 3 is 2.76 bits per heavy atom. The van der Waals surface area contributed by atoms with Gasteiger partial charge in [0.05, 0.1) is 18.0 Å². The lowest BCUT2D eigenvalue weighted by atomic mass is 10.1. The molecule has 1 aromatic carbocycles. The van der Waals surface area contributed by atoms with Crippen molar-refractivity contribution in [3.63, 3.8) is 0 Å². The number of rotatable bonds is 4. The van der Waals surface area contributed by atoms with Crippen LogP contribution in [0.25, 0.3) is 11.0 Å². The molecular weight excluding hydrogens is 328 g/mol. The molecule has 5 nitrogen and oxygen atoms in total. The molecule has 7 heteroatoms. The molecule has 0 atom stereocenters. The summed E-state index contributed by atoms with van der Waals surface area (Å²) in [5.41, 5.74) is 1.63. The number of aromatic nitrogens is 2. The number of nitrogens with zero attached hydrogens (tertiary/aromatic N) is 2. The van der Waals surface area contributed by atoms with Crippen LogP contribution >= 0.6 is 0 Å². The van der Waals surface area contributed by atoms with Gasteiger partial charge in [0, 0.05) is 23.3 Å². The van der Waals surface area contributed by atoms with Gasteiger partial charge in [-0.15, -0.1) is 0 Å². The van der Waals surface area contributed by atoms with Crippen LogP contribution in [0.3, 0.4) is 0 Å². The van der Waals surface area contributed by atoms with Crippen molar-refractivity contribution in [1.29, 1.82) is 0 Å². The van der Waals surface area contributed by atoms with Crippen LogP contribution in [-0.4, -0.2) is 22.5 Å². The topological polar surface area (TPSA) is 64.1 Å². The van der Waals surface area contributed by atoms with Crippen LogP contribution in [-0.2, 0) is 4.74 Å². The largest absolute Gasteiger partial charge is 0.462 e. The molecule has 128 valence electrons. The van der Waals surface area contributed by atoms with Crippen LogP contribution in [0.2, 0.25) is 0 Å². The average Bonchev–Trinajstić information content (AvgIpc) is 2.57. The third kappa shape index (κ3) is 3.40. The molecular formula is C18H15F2N3O2. The molecule has 0 aliphatic carbocycles. The Morgan fingerprint density at radius 1 is 1.24 bits per heavy atom. The molecule has 0 radical (unpaired) electrons. The van der Waals surface area contributed by atoms with Gasteiger partial charge in [0.2, 0.25) is 0 Å². The number of carbonyl (C=O) groups excluding carboxylic acids is 1. The second-order valence-corrected chi connectivity index (χ2v) is 5.34. The number of hydrogen-bond donors (Lipinski definition) is 1. The Kier molecular flexibility index (Phi) is 4.56. The monoisotopic (exact) mass is 343 g/mol. The fourth-order valence-corrected chi connectivity index (χ4v) is 2.40. The van der Waals surface area contributed by atoms with Crippen molar-refractivity contribution < 1.29 is 18.3 Å². The maximum absolute atomic E-state index is 14.0. The summed E-state index contributed by atoms with van der Waals surface area (Å²) in [5, 5.41) is 3.37. The molecule has 0 fully saturated rings. The summed E-state index contributed by atoms with van der Waals surface area (Å²) < 4.78 is 32.2. The molecule has 0 aliphatic heterocycles. The van der Waals surface area contributed by atoms with E-state index in [1.54, 1.807) is 19.1 Å². The number of benzene rings is 1. The number of aryl methyl sites for hydroxylation is 1. The maximum atomic E-state index is 14.0. The standard InChI is InChI=1S/C18H15F2N3O2/c1-3-25-18(24)13-9-21-17-12(6-4-10(2)22-17)16(13)23-15-7-5-11(19)8-14(15)20/h4-9H,3H2,1-2H3,(H,21,22,23). The molecule has 0 saturated heterocycles. The highest BCUT2D eigenvalue weighted by molar-refractivity contribution is 6.05. The number of esters is 1. The van der Waals surface area contributed by atoms with Crippen molar-refractivity contribution in [3.05, 3.63) is 59.4 Å². The Hall–Kier alpha value is -3.09. The molecule has 3 aromatic rings. The second-order valence-electron chi connectivity index (χ2n) is 5.34. The van der Waals surface area contributed by atoms with E-state index in [1.807, 2.05) is 6.92 Å². The Bertz CT molecular complexity index is 960. The summed E-state index contributed by atoms with van der Waals surface area (Å²) in [7, 11) is 0. The molecule has 0 bridgehead atoms. The van der Waals surface area contributed by atoms with Crippen molar-refractivity contribution in [2.45, 2.75) is 13.8 Å². The van der Waals surface area contributed by atoms with E-state index in [4.69, 9.17) is 4.74 Å². The van der Waals surface area contributed by atoms with Crippen LogP contribution in [0.4, 0.5) is 20.2 Å². The van der Waals surface area contributed by atoms with Crippen molar-refractivity contribution in [2.75, 3.05) is 11.9 Å². The zero-order chi connectivity index (χ0) is 18.0. The molecule has 2 heterocycles. The average molecular weight is 343 g/mol. The highest BCUT2D eigenvalue weighted by Gasteiger charge is 2.18. The van der Waals surface area contributed by atoms with Crippen molar-refractivity contribution in [3.8, 4) is 0 Å². The minimum atomic E-state index is -0.778. The first kappa shape index (κ1) is 16.8. The highest BCUT2D eigenvalue weighted by Crippen LogP contribution is 2.30. The van der Waals surface area contributed by atoms with Crippen LogP contribution in [0, 0.1) is 18.6 Å². The predicted octanol–water partition coefficient (Wildman–Crippen LogP) is 4.14. The Balaban J connectivity index is 2.17. The summed E-state index contributed by atoms with van der Waals surface area (Å²) in [6, 6.07) is 6.63. The number of anilines is 2. The summed E-state index contributed by atoms with van der Waals surface area (Å²) in [4.78, 5) is 20.7. The molecule has 0 unspecified atom stereocenters. The molecule has 2 aromatic heterocycles. The van der Waals surface area contributed by atoms with Crippen molar-refractivity contribution >= 4 is 28.4 Å². The molecule has 0 aliphatic rings. The van der Waals surface area contributed by atoms with E-state index >= 15 is 0 Å². The van der Waals surface area contributed by atoms with Gasteiger partial charge in [-0.05, 0) is 38.1 Å². The quantitative estimate of drug-likeness (QED) is 0.722. The molecule has 0 spiro atoms. The van der Waals surface area contributed by atoms with Gasteiger partial charge in [-0.1, -0.05) is 0 Å². The zero-order valence-electron chi connectivity index (χ0n) is 13.6. The first-order valence-corrected chi connectivity index (χ1v) is 7.65. The fourth-order valence-electron chi connectivity index (χ4n) is 2.40. The SMILES string of the molecule is CCOC(=O)c1cnc2nc(C)ccc2c1Nc1ccc(F)cc1F. The Labute approximate surface area is 142 Å². The second kappa shape index (κ2) is 6.80. The first-order valence-electron chi connectivity index (χ1n) is 7.65. The fraction of sp³-hybridized carbons (Fsp3) is 0.167. The zero-order valence-corrected chi connectivity index (χ0v) is 13.6. The van der Waals surface area contributed by atoms with Gasteiger partial charge < -0.3 is 10.1 Å². The number of fused-ring (bicyclic) bond motifs is 1. The van der Waals surface area contributed by atoms with Gasteiger partial charge in [0.25, 0.3) is 0 Å². The van der Waals surface area contributed by atoms with E-state index in [2.05, 4.69) is 15.3 Å². The van der Waals surface area contributed by atoms with E-state index < -0.39 is 17.6 Å². The van der Waals surface area contributed by atoms with Crippen LogP contribution < -0.4 is 5.32 Å². The van der Waals surface area contributed by atoms with Crippen LogP contribution in [0.1, 0.15) is 23.0 Å². The van der Waals surface area contributed by atoms with E-state index in [1.165, 1.54) is 12.3 Å². The van der Waals surface area contributed by atoms with E-state index in [0.29, 0.717) is 16.7 Å². The van der Waals surface area contributed by atoms with Crippen molar-refractivity contribution in [1.82, 2.24) is 9.97 Å². The lowest BCUT2D eigenvalue weighted by Crippen LogP contribution is -2.10. The summed E-state index contributed by atoms with van der Waals surface area (Å²) in [5.74, 6) is -2.06. The normalized spacial score (nSPS) is 10.7. The molecule has 3 rings (SSSR count). The maximum Gasteiger partial charge on any atom is 0.341 e. The molecule has 0 amide bonds. The lowest BCUT2D eigenvalue weighted by molar-refractivity contribution is 0.0527. The Morgan fingerprint density at radius 2 is 2.04 bits per heavy atom. The lowest BCUT2D eigenvalue weighted by Gasteiger charge is -2.14. The molecule has 0 saturated carbocycles. The van der Waals surface area contributed by atoms with E-state index in [-0.39, 0.29) is 17.9 Å². The van der Waals surface area contributed by atoms with E-state index in [9.17, 15) is 13.6 Å². The predicted molar refractivity (Wildman–Crippen MR) is 89.9 cm³/mol. The van der Waals surface area contributed by atoms with Gasteiger partial charge in [-0.2, -0.15) is 0 Å². The number of pyridine rings is 2. The van der Waals surface area contributed by atoms with Crippen molar-refractivity contribution in [2.24, 2.45) is 0 Å². The summed E-state index contributed by atoms with van der Waals surface area (Å²) >= 11 is 0. The number of halogens is 2. The number of nitrogens with one attached hydrogen (secondary N) is 1. The smallest absolute Gasteiger partial charge is 0.341 e. The van der Waals surface area contributed by atoms with Crippen LogP contribution in [0.15, 0.2) is 36.5 Å². The highest BCUT2D eigenvalue weighted by atomic mass is 19.1. The number of hydrogen-bond acceptors (Lipinski definition) is 5. The van der Waals surface area contributed by atoms with Gasteiger partial charge in [0.1, 0.15) is 17.2 Å². The van der Waals surface area contributed by atoms with Gasteiger partial charge in [-0.25, -0.2) is 23.5 Å². The summed E-state index contributed by atoms with van der Waals surface area (Å²) in [6.07, 6.45) is 1.33. The summed E-state index contributed by atoms with van der Waals surface area (Å²) in [6.45, 7) is 3.69. The third-order valence-corrected chi connectivity index (χ3v) is 3.56. The third-order valence-electron chi connectivity index (χ3n) is 3.56. The minimum Gasteiger partial charge on any atom is -0.462 e. The number of carbonyl (C=O) groups is 1. The number of ether oxygens (including phenoxy) is 1. The van der Waals surface area contributed by atoms with Gasteiger partial charge in [0.15, 0.2) is 5.65 Å². The molecule has 1 N–H and O–H groups in total. The molecule has 25 heavy (non-hydrogen) atoms. The van der Waals surface area contributed by atoms with E-state index in [0.717, 1.165) is 17.8 Å². The van der Waals surface area contributed by atoms with Crippen LogP contribution in [0.5, 0.6) is 0 Å².